The summed E-state index contributed by atoms with van der Waals surface area (Å²) in [5, 5.41) is 12.9. The van der Waals surface area contributed by atoms with E-state index >= 15 is 0 Å². The molecule has 13 heavy (non-hydrogen) atoms. The number of hydrogen-bond acceptors (Lipinski definition) is 2. The van der Waals surface area contributed by atoms with Crippen LogP contribution in [0.25, 0.3) is 0 Å². The summed E-state index contributed by atoms with van der Waals surface area (Å²) in [5.74, 6) is 0. The van der Waals surface area contributed by atoms with Crippen molar-refractivity contribution < 1.29 is 5.11 Å². The van der Waals surface area contributed by atoms with Gasteiger partial charge in [-0.25, -0.2) is 0 Å². The molecule has 1 unspecified atom stereocenters. The molecule has 0 amide bonds. The van der Waals surface area contributed by atoms with Crippen molar-refractivity contribution in [3.63, 3.8) is 0 Å². The average molecular weight is 220 g/mol. The summed E-state index contributed by atoms with van der Waals surface area (Å²) in [6.07, 6.45) is -0.519. The van der Waals surface area contributed by atoms with Crippen LogP contribution in [0.5, 0.6) is 0 Å². The van der Waals surface area contributed by atoms with E-state index in [4.69, 9.17) is 28.3 Å². The topological polar surface area (TPSA) is 32.3 Å². The molecule has 0 saturated heterocycles. The van der Waals surface area contributed by atoms with Crippen LogP contribution in [0.2, 0.25) is 10.0 Å². The predicted molar refractivity (Wildman–Crippen MR) is 55.0 cm³/mol. The van der Waals surface area contributed by atoms with E-state index in [2.05, 4.69) is 5.32 Å². The normalized spacial score (nSPS) is 12.9. The largest absolute Gasteiger partial charge is 0.379 e. The number of halogens is 2. The number of aliphatic hydroxyl groups is 1. The highest BCUT2D eigenvalue weighted by molar-refractivity contribution is 6.41. The van der Waals surface area contributed by atoms with Crippen LogP contribution in [0.3, 0.4) is 0 Å². The number of nitrogens with one attached hydrogen (secondary N) is 1. The Balaban J connectivity index is 2.63. The van der Waals surface area contributed by atoms with Crippen LogP contribution in [0.4, 0.5) is 0 Å². The molecule has 0 radical (unpaired) electrons. The third kappa shape index (κ3) is 3.53. The Morgan fingerprint density at radius 1 is 1.38 bits per heavy atom. The van der Waals surface area contributed by atoms with Gasteiger partial charge < -0.3 is 5.11 Å². The maximum absolute atomic E-state index is 8.97. The predicted octanol–water partition coefficient (Wildman–Crippen LogP) is 2.42. The molecule has 4 heteroatoms. The quantitative estimate of drug-likeness (QED) is 0.766. The van der Waals surface area contributed by atoms with Gasteiger partial charge in [-0.05, 0) is 24.6 Å². The summed E-state index contributed by atoms with van der Waals surface area (Å²) in [6, 6.07) is 5.38. The van der Waals surface area contributed by atoms with Crippen LogP contribution in [0.15, 0.2) is 18.2 Å². The van der Waals surface area contributed by atoms with E-state index < -0.39 is 6.23 Å². The van der Waals surface area contributed by atoms with Crippen molar-refractivity contribution in [2.75, 3.05) is 0 Å². The van der Waals surface area contributed by atoms with Crippen LogP contribution in [-0.2, 0) is 6.54 Å². The molecule has 1 aromatic rings. The lowest BCUT2D eigenvalue weighted by molar-refractivity contribution is 0.155. The summed E-state index contributed by atoms with van der Waals surface area (Å²) in [6.45, 7) is 2.24. The number of benzene rings is 1. The molecule has 1 atom stereocenters. The van der Waals surface area contributed by atoms with Crippen molar-refractivity contribution >= 4 is 23.2 Å². The Morgan fingerprint density at radius 2 is 2.08 bits per heavy atom. The first-order chi connectivity index (χ1) is 6.09. The molecule has 0 aromatic heterocycles. The van der Waals surface area contributed by atoms with Gasteiger partial charge >= 0.3 is 0 Å². The van der Waals surface area contributed by atoms with E-state index in [1.54, 1.807) is 19.1 Å². The number of hydrogen-bond donors (Lipinski definition) is 2. The van der Waals surface area contributed by atoms with E-state index in [0.29, 0.717) is 16.6 Å². The van der Waals surface area contributed by atoms with Gasteiger partial charge in [0, 0.05) is 6.54 Å². The summed E-state index contributed by atoms with van der Waals surface area (Å²) < 4.78 is 0. The zero-order valence-electron chi connectivity index (χ0n) is 7.22. The molecule has 0 spiro atoms. The highest BCUT2D eigenvalue weighted by Crippen LogP contribution is 2.22. The Morgan fingerprint density at radius 3 is 2.62 bits per heavy atom. The lowest BCUT2D eigenvalue weighted by atomic mass is 10.2. The maximum Gasteiger partial charge on any atom is 0.102 e. The maximum atomic E-state index is 8.97. The molecule has 1 rings (SSSR count). The van der Waals surface area contributed by atoms with Gasteiger partial charge in [0.15, 0.2) is 0 Å². The third-order valence-electron chi connectivity index (χ3n) is 1.59. The fourth-order valence-corrected chi connectivity index (χ4v) is 1.24. The third-order valence-corrected chi connectivity index (χ3v) is 2.32. The Bertz CT molecular complexity index is 289. The second kappa shape index (κ2) is 4.82. The minimum atomic E-state index is -0.519. The summed E-state index contributed by atoms with van der Waals surface area (Å²) >= 11 is 11.5. The second-order valence-corrected chi connectivity index (χ2v) is 3.62. The van der Waals surface area contributed by atoms with Crippen molar-refractivity contribution in [2.45, 2.75) is 19.7 Å². The van der Waals surface area contributed by atoms with E-state index in [0.717, 1.165) is 5.56 Å². The minimum absolute atomic E-state index is 0.519. The summed E-state index contributed by atoms with van der Waals surface area (Å²) in [7, 11) is 0. The van der Waals surface area contributed by atoms with Crippen molar-refractivity contribution in [3.8, 4) is 0 Å². The zero-order chi connectivity index (χ0) is 9.84. The number of rotatable bonds is 3. The van der Waals surface area contributed by atoms with Crippen molar-refractivity contribution in [1.82, 2.24) is 5.32 Å². The second-order valence-electron chi connectivity index (χ2n) is 2.81. The molecule has 0 aliphatic carbocycles. The Hall–Kier alpha value is -0.280. The molecule has 0 saturated carbocycles. The first-order valence-electron chi connectivity index (χ1n) is 3.95. The minimum Gasteiger partial charge on any atom is -0.379 e. The van der Waals surface area contributed by atoms with E-state index in [1.165, 1.54) is 0 Å². The van der Waals surface area contributed by atoms with Gasteiger partial charge in [0.25, 0.3) is 0 Å². The molecule has 2 N–H and O–H groups in total. The molecule has 2 nitrogen and oxygen atoms in total. The fourth-order valence-electron chi connectivity index (χ4n) is 0.915. The SMILES string of the molecule is CC(O)NCc1ccc(Cl)c(Cl)c1. The average Bonchev–Trinajstić information content (AvgIpc) is 2.07. The summed E-state index contributed by atoms with van der Waals surface area (Å²) in [4.78, 5) is 0. The van der Waals surface area contributed by atoms with Crippen LogP contribution < -0.4 is 5.32 Å². The Kier molecular flexibility index (Phi) is 4.00. The van der Waals surface area contributed by atoms with Crippen LogP contribution in [0.1, 0.15) is 12.5 Å². The molecular formula is C9H11Cl2NO. The smallest absolute Gasteiger partial charge is 0.102 e. The highest BCUT2D eigenvalue weighted by atomic mass is 35.5. The number of aliphatic hydroxyl groups excluding tert-OH is 1. The van der Waals surface area contributed by atoms with Gasteiger partial charge in [0.2, 0.25) is 0 Å². The lowest BCUT2D eigenvalue weighted by Gasteiger charge is -2.07. The van der Waals surface area contributed by atoms with Gasteiger partial charge in [-0.3, -0.25) is 5.32 Å². The van der Waals surface area contributed by atoms with Crippen molar-refractivity contribution in [2.24, 2.45) is 0 Å². The molecule has 0 aliphatic rings. The van der Waals surface area contributed by atoms with E-state index in [-0.39, 0.29) is 0 Å². The van der Waals surface area contributed by atoms with Gasteiger partial charge in [-0.1, -0.05) is 29.3 Å². The van der Waals surface area contributed by atoms with Crippen LogP contribution in [0, 0.1) is 0 Å². The highest BCUT2D eigenvalue weighted by Gasteiger charge is 2.00. The molecular weight excluding hydrogens is 209 g/mol. The van der Waals surface area contributed by atoms with Crippen LogP contribution >= 0.6 is 23.2 Å². The standard InChI is InChI=1S/C9H11Cl2NO/c1-6(13)12-5-7-2-3-8(10)9(11)4-7/h2-4,6,12-13H,5H2,1H3. The monoisotopic (exact) mass is 219 g/mol. The van der Waals surface area contributed by atoms with Gasteiger partial charge in [-0.15, -0.1) is 0 Å². The fraction of sp³-hybridized carbons (Fsp3) is 0.333. The van der Waals surface area contributed by atoms with Crippen LogP contribution in [-0.4, -0.2) is 11.3 Å². The molecule has 0 heterocycles. The molecule has 0 bridgehead atoms. The Labute approximate surface area is 87.5 Å². The van der Waals surface area contributed by atoms with Crippen molar-refractivity contribution in [3.05, 3.63) is 33.8 Å². The van der Waals surface area contributed by atoms with Crippen molar-refractivity contribution in [1.29, 1.82) is 0 Å². The van der Waals surface area contributed by atoms with Gasteiger partial charge in [-0.2, -0.15) is 0 Å². The zero-order valence-corrected chi connectivity index (χ0v) is 8.73. The first kappa shape index (κ1) is 10.8. The molecule has 0 aliphatic heterocycles. The van der Waals surface area contributed by atoms with E-state index in [1.807, 2.05) is 6.07 Å². The van der Waals surface area contributed by atoms with E-state index in [9.17, 15) is 0 Å². The lowest BCUT2D eigenvalue weighted by Crippen LogP contribution is -2.24. The van der Waals surface area contributed by atoms with Gasteiger partial charge in [0.1, 0.15) is 6.23 Å². The molecule has 1 aromatic carbocycles. The van der Waals surface area contributed by atoms with Gasteiger partial charge in [0.05, 0.1) is 10.0 Å². The summed E-state index contributed by atoms with van der Waals surface area (Å²) in [5.41, 5.74) is 0.996. The molecule has 0 fully saturated rings. The molecule has 72 valence electrons. The first-order valence-corrected chi connectivity index (χ1v) is 4.70.